The molecule has 0 saturated heterocycles. The van der Waals surface area contributed by atoms with E-state index < -0.39 is 0 Å². The highest BCUT2D eigenvalue weighted by Crippen LogP contribution is 2.31. The van der Waals surface area contributed by atoms with Crippen LogP contribution in [-0.2, 0) is 0 Å². The van der Waals surface area contributed by atoms with Gasteiger partial charge in [-0.25, -0.2) is 0 Å². The minimum Gasteiger partial charge on any atom is -0.504 e. The molecule has 0 aliphatic carbocycles. The molecule has 4 aromatic rings. The first kappa shape index (κ1) is 18.3. The standard InChI is InChI=1S/C19H16.C6H6O2/c1-4-10-16(11-5-1)19(17-12-6-2-7-13-17)18-14-8-3-9-15-18;7-5-3-1-2-4-6(5)8/h1-15,19H;1-4,7-8H. The van der Waals surface area contributed by atoms with Crippen LogP contribution in [-0.4, -0.2) is 10.2 Å². The molecule has 2 heteroatoms. The van der Waals surface area contributed by atoms with E-state index in [9.17, 15) is 0 Å². The van der Waals surface area contributed by atoms with Gasteiger partial charge in [0.05, 0.1) is 0 Å². The van der Waals surface area contributed by atoms with Crippen molar-refractivity contribution in [3.63, 3.8) is 0 Å². The summed E-state index contributed by atoms with van der Waals surface area (Å²) in [6, 6.07) is 38.2. The third-order valence-electron chi connectivity index (χ3n) is 4.28. The summed E-state index contributed by atoms with van der Waals surface area (Å²) in [5, 5.41) is 17.3. The van der Waals surface area contributed by atoms with Crippen molar-refractivity contribution < 1.29 is 10.2 Å². The number of aromatic hydroxyl groups is 2. The fourth-order valence-corrected chi connectivity index (χ4v) is 2.98. The SMILES string of the molecule is Oc1ccccc1O.c1ccc(C(c2ccccc2)c2ccccc2)cc1. The predicted molar refractivity (Wildman–Crippen MR) is 110 cm³/mol. The van der Waals surface area contributed by atoms with Crippen molar-refractivity contribution in [2.45, 2.75) is 5.92 Å². The second-order valence-electron chi connectivity index (χ2n) is 6.15. The quantitative estimate of drug-likeness (QED) is 0.352. The Labute approximate surface area is 160 Å². The Balaban J connectivity index is 0.000000221. The molecule has 0 heterocycles. The topological polar surface area (TPSA) is 40.5 Å². The lowest BCUT2D eigenvalue weighted by atomic mass is 9.85. The first-order chi connectivity index (χ1) is 13.3. The van der Waals surface area contributed by atoms with Crippen LogP contribution in [0.3, 0.4) is 0 Å². The van der Waals surface area contributed by atoms with Crippen molar-refractivity contribution in [2.24, 2.45) is 0 Å². The van der Waals surface area contributed by atoms with Crippen molar-refractivity contribution in [2.75, 3.05) is 0 Å². The van der Waals surface area contributed by atoms with E-state index in [0.717, 1.165) is 0 Å². The summed E-state index contributed by atoms with van der Waals surface area (Å²) in [6.07, 6.45) is 0. The minimum absolute atomic E-state index is 0.0764. The molecule has 2 N–H and O–H groups in total. The van der Waals surface area contributed by atoms with Gasteiger partial charge in [-0.3, -0.25) is 0 Å². The van der Waals surface area contributed by atoms with Crippen LogP contribution in [0.25, 0.3) is 0 Å². The zero-order valence-corrected chi connectivity index (χ0v) is 14.9. The summed E-state index contributed by atoms with van der Waals surface area (Å²) in [4.78, 5) is 0. The van der Waals surface area contributed by atoms with Crippen molar-refractivity contribution >= 4 is 0 Å². The van der Waals surface area contributed by atoms with Crippen LogP contribution in [0, 0.1) is 0 Å². The molecule has 0 spiro atoms. The molecule has 0 aliphatic heterocycles. The van der Waals surface area contributed by atoms with Crippen LogP contribution in [0.5, 0.6) is 11.5 Å². The predicted octanol–water partition coefficient (Wildman–Crippen LogP) is 5.96. The number of rotatable bonds is 3. The highest BCUT2D eigenvalue weighted by molar-refractivity contribution is 5.42. The third kappa shape index (κ3) is 4.99. The largest absolute Gasteiger partial charge is 0.504 e. The summed E-state index contributed by atoms with van der Waals surface area (Å²) in [5.41, 5.74) is 4.00. The second kappa shape index (κ2) is 9.25. The monoisotopic (exact) mass is 354 g/mol. The van der Waals surface area contributed by atoms with Gasteiger partial charge in [-0.15, -0.1) is 0 Å². The molecule has 4 aromatic carbocycles. The van der Waals surface area contributed by atoms with Gasteiger partial charge in [0.2, 0.25) is 0 Å². The Bertz CT molecular complexity index is 820. The number of phenolic OH excluding ortho intramolecular Hbond substituents is 2. The summed E-state index contributed by atoms with van der Waals surface area (Å²) in [6.45, 7) is 0. The van der Waals surface area contributed by atoms with E-state index in [2.05, 4.69) is 91.0 Å². The van der Waals surface area contributed by atoms with Crippen LogP contribution >= 0.6 is 0 Å². The van der Waals surface area contributed by atoms with Crippen molar-refractivity contribution in [1.29, 1.82) is 0 Å². The van der Waals surface area contributed by atoms with Crippen LogP contribution < -0.4 is 0 Å². The maximum absolute atomic E-state index is 8.67. The van der Waals surface area contributed by atoms with Crippen molar-refractivity contribution in [3.8, 4) is 11.5 Å². The van der Waals surface area contributed by atoms with Crippen molar-refractivity contribution in [3.05, 3.63) is 132 Å². The molecule has 4 rings (SSSR count). The minimum atomic E-state index is -0.0764. The van der Waals surface area contributed by atoms with Gasteiger partial charge in [-0.2, -0.15) is 0 Å². The fourth-order valence-electron chi connectivity index (χ4n) is 2.98. The van der Waals surface area contributed by atoms with Gasteiger partial charge in [0.25, 0.3) is 0 Å². The van der Waals surface area contributed by atoms with E-state index in [1.54, 1.807) is 12.1 Å². The van der Waals surface area contributed by atoms with Gasteiger partial charge in [-0.1, -0.05) is 103 Å². The van der Waals surface area contributed by atoms with Gasteiger partial charge in [-0.05, 0) is 28.8 Å². The van der Waals surface area contributed by atoms with Crippen LogP contribution in [0.1, 0.15) is 22.6 Å². The maximum atomic E-state index is 8.67. The normalized spacial score (nSPS) is 10.1. The highest BCUT2D eigenvalue weighted by Gasteiger charge is 2.15. The number of hydrogen-bond acceptors (Lipinski definition) is 2. The molecule has 0 bridgehead atoms. The zero-order chi connectivity index (χ0) is 18.9. The van der Waals surface area contributed by atoms with E-state index in [0.29, 0.717) is 5.92 Å². The lowest BCUT2D eigenvalue weighted by molar-refractivity contribution is 0.404. The van der Waals surface area contributed by atoms with Gasteiger partial charge in [0.1, 0.15) is 0 Å². The fraction of sp³-hybridized carbons (Fsp3) is 0.0400. The Hall–Kier alpha value is -3.52. The van der Waals surface area contributed by atoms with Gasteiger partial charge in [0, 0.05) is 5.92 Å². The molecule has 2 nitrogen and oxygen atoms in total. The highest BCUT2D eigenvalue weighted by atomic mass is 16.3. The molecule has 0 radical (unpaired) electrons. The van der Waals surface area contributed by atoms with Gasteiger partial charge >= 0.3 is 0 Å². The smallest absolute Gasteiger partial charge is 0.157 e. The number of hydrogen-bond donors (Lipinski definition) is 2. The number of para-hydroxylation sites is 2. The molecule has 0 amide bonds. The van der Waals surface area contributed by atoms with Crippen LogP contribution in [0.15, 0.2) is 115 Å². The summed E-state index contributed by atoms with van der Waals surface area (Å²) in [7, 11) is 0. The third-order valence-corrected chi connectivity index (χ3v) is 4.28. The average Bonchev–Trinajstić information content (AvgIpc) is 2.73. The van der Waals surface area contributed by atoms with Gasteiger partial charge < -0.3 is 10.2 Å². The van der Waals surface area contributed by atoms with E-state index in [-0.39, 0.29) is 11.5 Å². The van der Waals surface area contributed by atoms with E-state index in [1.807, 2.05) is 0 Å². The summed E-state index contributed by atoms with van der Waals surface area (Å²) >= 11 is 0. The molecule has 0 aromatic heterocycles. The van der Waals surface area contributed by atoms with E-state index >= 15 is 0 Å². The number of phenols is 2. The molecule has 27 heavy (non-hydrogen) atoms. The Morgan fingerprint density at radius 3 is 0.889 bits per heavy atom. The molecule has 0 unspecified atom stereocenters. The first-order valence-electron chi connectivity index (χ1n) is 8.87. The number of benzene rings is 4. The molecule has 0 atom stereocenters. The van der Waals surface area contributed by atoms with E-state index in [1.165, 1.54) is 28.8 Å². The summed E-state index contributed by atoms with van der Waals surface area (Å²) < 4.78 is 0. The second-order valence-corrected chi connectivity index (χ2v) is 6.15. The first-order valence-corrected chi connectivity index (χ1v) is 8.87. The molecular formula is C25H22O2. The van der Waals surface area contributed by atoms with Crippen molar-refractivity contribution in [1.82, 2.24) is 0 Å². The van der Waals surface area contributed by atoms with Crippen LogP contribution in [0.4, 0.5) is 0 Å². The molecular weight excluding hydrogens is 332 g/mol. The van der Waals surface area contributed by atoms with Gasteiger partial charge in [0.15, 0.2) is 11.5 Å². The zero-order valence-electron chi connectivity index (χ0n) is 14.9. The molecule has 0 fully saturated rings. The maximum Gasteiger partial charge on any atom is 0.157 e. The van der Waals surface area contributed by atoms with Crippen LogP contribution in [0.2, 0.25) is 0 Å². The Kier molecular flexibility index (Phi) is 6.26. The summed E-state index contributed by atoms with van der Waals surface area (Å²) in [5.74, 6) is 0.156. The lowest BCUT2D eigenvalue weighted by Gasteiger charge is -2.18. The molecule has 134 valence electrons. The average molecular weight is 354 g/mol. The Morgan fingerprint density at radius 1 is 0.370 bits per heavy atom. The molecule has 0 saturated carbocycles. The van der Waals surface area contributed by atoms with E-state index in [4.69, 9.17) is 10.2 Å². The lowest BCUT2D eigenvalue weighted by Crippen LogP contribution is -2.02. The Morgan fingerprint density at radius 2 is 0.630 bits per heavy atom. The molecule has 0 aliphatic rings.